The molecule has 3 aromatic rings. The van der Waals surface area contributed by atoms with Crippen molar-refractivity contribution in [2.75, 3.05) is 11.9 Å². The van der Waals surface area contributed by atoms with Gasteiger partial charge in [-0.1, -0.05) is 24.3 Å². The van der Waals surface area contributed by atoms with E-state index in [-0.39, 0.29) is 11.6 Å². The number of hydrogen-bond donors (Lipinski definition) is 4. The summed E-state index contributed by atoms with van der Waals surface area (Å²) in [4.78, 5) is 8.62. The summed E-state index contributed by atoms with van der Waals surface area (Å²) in [5.41, 5.74) is 13.2. The molecule has 0 fully saturated rings. The van der Waals surface area contributed by atoms with Gasteiger partial charge in [0.1, 0.15) is 0 Å². The molecule has 0 aliphatic carbocycles. The van der Waals surface area contributed by atoms with Crippen molar-refractivity contribution in [1.29, 1.82) is 0 Å². The molecule has 0 unspecified atom stereocenters. The number of rotatable bonds is 7. The zero-order chi connectivity index (χ0) is 25.1. The van der Waals surface area contributed by atoms with Gasteiger partial charge in [0.05, 0.1) is 11.4 Å². The van der Waals surface area contributed by atoms with Crippen LogP contribution in [0, 0.1) is 12.3 Å². The van der Waals surface area contributed by atoms with E-state index in [0.29, 0.717) is 24.6 Å². The van der Waals surface area contributed by atoms with Gasteiger partial charge in [0.15, 0.2) is 5.82 Å². The van der Waals surface area contributed by atoms with Crippen molar-refractivity contribution in [3.05, 3.63) is 71.4 Å². The molecule has 34 heavy (non-hydrogen) atoms. The molecule has 0 aliphatic rings. The monoisotopic (exact) mass is 469 g/mol. The lowest BCUT2D eigenvalue weighted by atomic mass is 10.1. The highest BCUT2D eigenvalue weighted by molar-refractivity contribution is 5.78. The molecule has 7 nitrogen and oxygen atoms in total. The molecular formula is C24H26F3N7. The predicted octanol–water partition coefficient (Wildman–Crippen LogP) is 4.64. The first-order chi connectivity index (χ1) is 16.2. The van der Waals surface area contributed by atoms with Gasteiger partial charge in [0, 0.05) is 29.9 Å². The van der Waals surface area contributed by atoms with Gasteiger partial charge in [0.25, 0.3) is 0 Å². The number of halogens is 3. The van der Waals surface area contributed by atoms with Gasteiger partial charge in [-0.2, -0.15) is 18.2 Å². The van der Waals surface area contributed by atoms with Crippen molar-refractivity contribution in [2.24, 2.45) is 16.5 Å². The van der Waals surface area contributed by atoms with Crippen LogP contribution in [0.4, 0.5) is 24.8 Å². The minimum absolute atomic E-state index is 0.159. The maximum atomic E-state index is 12.9. The molecule has 3 rings (SSSR count). The van der Waals surface area contributed by atoms with Crippen molar-refractivity contribution >= 4 is 17.5 Å². The molecule has 10 heteroatoms. The Balaban J connectivity index is 0.00000129. The Bertz CT molecular complexity index is 1180. The number of terminal acetylenes is 1. The Morgan fingerprint density at radius 1 is 1.24 bits per heavy atom. The molecule has 0 saturated carbocycles. The Kier molecular flexibility index (Phi) is 9.40. The number of nitrogens with zero attached hydrogens (tertiary/aromatic N) is 3. The number of anilines is 2. The summed E-state index contributed by atoms with van der Waals surface area (Å²) in [6, 6.07) is 12.4. The Hall–Kier alpha value is -4.10. The molecule has 0 spiro atoms. The summed E-state index contributed by atoms with van der Waals surface area (Å²) in [6.45, 7) is 3.70. The molecule has 0 atom stereocenters. The average molecular weight is 470 g/mol. The van der Waals surface area contributed by atoms with Crippen LogP contribution in [-0.2, 0) is 12.6 Å². The first-order valence-electron chi connectivity index (χ1n) is 10.2. The minimum Gasteiger partial charge on any atom is -0.387 e. The first kappa shape index (κ1) is 26.2. The van der Waals surface area contributed by atoms with Crippen LogP contribution in [0.1, 0.15) is 25.0 Å². The van der Waals surface area contributed by atoms with Crippen molar-refractivity contribution < 1.29 is 13.2 Å². The fourth-order valence-corrected chi connectivity index (χ4v) is 2.91. The number of amidine groups is 1. The topological polar surface area (TPSA) is 118 Å². The standard InChI is InChI=1S/C21H22F3N7.C3H4/c1-13(26)27-18(8-9-25)11-14-4-2-5-15(10-14)19-29-20(31-30-19)28-17-7-3-6-16(12-17)21(22,23)24;1-3-2/h2-8,10,12H,9,11,25H2,1H3,(H2,26,27)(H2,28,29,30,31);1H,2H3/b18-8-;. The van der Waals surface area contributed by atoms with Gasteiger partial charge in [-0.05, 0) is 49.8 Å². The van der Waals surface area contributed by atoms with Gasteiger partial charge in [0.2, 0.25) is 5.95 Å². The van der Waals surface area contributed by atoms with E-state index < -0.39 is 11.7 Å². The summed E-state index contributed by atoms with van der Waals surface area (Å²) in [6.07, 6.45) is 2.50. The molecule has 1 aromatic heterocycles. The Morgan fingerprint density at radius 2 is 1.94 bits per heavy atom. The van der Waals surface area contributed by atoms with Crippen LogP contribution >= 0.6 is 0 Å². The van der Waals surface area contributed by atoms with Crippen LogP contribution < -0.4 is 16.8 Å². The van der Waals surface area contributed by atoms with Crippen molar-refractivity contribution in [3.63, 3.8) is 0 Å². The number of allylic oxidation sites excluding steroid dienone is 1. The van der Waals surface area contributed by atoms with Crippen molar-refractivity contribution in [1.82, 2.24) is 15.2 Å². The van der Waals surface area contributed by atoms with E-state index in [1.54, 1.807) is 19.9 Å². The van der Waals surface area contributed by atoms with Gasteiger partial charge >= 0.3 is 6.18 Å². The third-order valence-corrected chi connectivity index (χ3v) is 4.19. The van der Waals surface area contributed by atoms with E-state index in [1.807, 2.05) is 24.3 Å². The van der Waals surface area contributed by atoms with E-state index in [4.69, 9.17) is 11.5 Å². The highest BCUT2D eigenvalue weighted by Gasteiger charge is 2.30. The third-order valence-electron chi connectivity index (χ3n) is 4.19. The molecule has 178 valence electrons. The van der Waals surface area contributed by atoms with Crippen molar-refractivity contribution in [3.8, 4) is 23.7 Å². The van der Waals surface area contributed by atoms with E-state index in [2.05, 4.69) is 37.8 Å². The largest absolute Gasteiger partial charge is 0.416 e. The molecule has 0 saturated heterocycles. The minimum atomic E-state index is -4.42. The second-order valence-corrected chi connectivity index (χ2v) is 7.06. The van der Waals surface area contributed by atoms with E-state index >= 15 is 0 Å². The number of aromatic amines is 1. The Labute approximate surface area is 196 Å². The molecule has 2 aromatic carbocycles. The number of aliphatic imine (C=N–C) groups is 1. The van der Waals surface area contributed by atoms with E-state index in [9.17, 15) is 13.2 Å². The van der Waals surface area contributed by atoms with Gasteiger partial charge in [-0.15, -0.1) is 17.4 Å². The normalized spacial score (nSPS) is 11.9. The number of H-pyrrole nitrogens is 1. The summed E-state index contributed by atoms with van der Waals surface area (Å²) in [5.74, 6) is 3.32. The fourth-order valence-electron chi connectivity index (χ4n) is 2.91. The second kappa shape index (κ2) is 12.2. The predicted molar refractivity (Wildman–Crippen MR) is 129 cm³/mol. The molecular weight excluding hydrogens is 443 g/mol. The lowest BCUT2D eigenvalue weighted by Gasteiger charge is -2.08. The van der Waals surface area contributed by atoms with E-state index in [0.717, 1.165) is 29.0 Å². The molecule has 0 bridgehead atoms. The summed E-state index contributed by atoms with van der Waals surface area (Å²) in [5, 5.41) is 9.63. The SMILES string of the molecule is C#CC.CC(N)=N/C(=C\CN)Cc1cccc(-c2nc(Nc3cccc(C(F)(F)F)c3)n[nH]2)c1. The number of alkyl halides is 3. The molecule has 1 heterocycles. The number of hydrogen-bond acceptors (Lipinski definition) is 5. The van der Waals surface area contributed by atoms with Crippen LogP contribution in [0.15, 0.2) is 65.3 Å². The highest BCUT2D eigenvalue weighted by Crippen LogP contribution is 2.31. The highest BCUT2D eigenvalue weighted by atomic mass is 19.4. The zero-order valence-electron chi connectivity index (χ0n) is 18.8. The maximum absolute atomic E-state index is 12.9. The summed E-state index contributed by atoms with van der Waals surface area (Å²) in [7, 11) is 0. The molecule has 0 aliphatic heterocycles. The number of aromatic nitrogens is 3. The lowest BCUT2D eigenvalue weighted by Crippen LogP contribution is -2.07. The first-order valence-corrected chi connectivity index (χ1v) is 10.2. The van der Waals surface area contributed by atoms with Crippen LogP contribution in [-0.4, -0.2) is 27.6 Å². The van der Waals surface area contributed by atoms with Crippen molar-refractivity contribution in [2.45, 2.75) is 26.4 Å². The molecule has 6 N–H and O–H groups in total. The van der Waals surface area contributed by atoms with Gasteiger partial charge in [-0.25, -0.2) is 4.99 Å². The van der Waals surface area contributed by atoms with Crippen LogP contribution in [0.25, 0.3) is 11.4 Å². The Morgan fingerprint density at radius 3 is 2.59 bits per heavy atom. The summed E-state index contributed by atoms with van der Waals surface area (Å²) < 4.78 is 38.7. The van der Waals surface area contributed by atoms with Crippen LogP contribution in [0.5, 0.6) is 0 Å². The molecule has 0 radical (unpaired) electrons. The average Bonchev–Trinajstić information content (AvgIpc) is 3.22. The van der Waals surface area contributed by atoms with Crippen LogP contribution in [0.2, 0.25) is 0 Å². The summed E-state index contributed by atoms with van der Waals surface area (Å²) >= 11 is 0. The van der Waals surface area contributed by atoms with Crippen LogP contribution in [0.3, 0.4) is 0 Å². The quantitative estimate of drug-likeness (QED) is 0.229. The van der Waals surface area contributed by atoms with E-state index in [1.165, 1.54) is 12.1 Å². The third kappa shape index (κ3) is 8.11. The number of benzene rings is 2. The zero-order valence-corrected chi connectivity index (χ0v) is 18.8. The lowest BCUT2D eigenvalue weighted by molar-refractivity contribution is -0.137. The second-order valence-electron chi connectivity index (χ2n) is 7.06. The number of nitrogens with one attached hydrogen (secondary N) is 2. The smallest absolute Gasteiger partial charge is 0.387 e. The number of nitrogens with two attached hydrogens (primary N) is 2. The van der Waals surface area contributed by atoms with Gasteiger partial charge < -0.3 is 16.8 Å². The fraction of sp³-hybridized carbons (Fsp3) is 0.208. The maximum Gasteiger partial charge on any atom is 0.416 e. The van der Waals surface area contributed by atoms with Gasteiger partial charge in [-0.3, -0.25) is 5.10 Å². The molecule has 0 amide bonds.